The Labute approximate surface area is 304 Å². The molecule has 3 aromatic rings. The number of amides is 3. The van der Waals surface area contributed by atoms with Crippen molar-refractivity contribution in [3.63, 3.8) is 0 Å². The van der Waals surface area contributed by atoms with Crippen LogP contribution in [-0.2, 0) is 0 Å². The summed E-state index contributed by atoms with van der Waals surface area (Å²) in [5.41, 5.74) is 1.09. The van der Waals surface area contributed by atoms with Crippen LogP contribution in [0, 0.1) is 11.8 Å². The molecule has 15 heteroatoms. The number of halogens is 2. The van der Waals surface area contributed by atoms with E-state index in [1.165, 1.54) is 0 Å². The average molecular weight is 728 g/mol. The zero-order valence-electron chi connectivity index (χ0n) is 29.3. The van der Waals surface area contributed by atoms with Crippen molar-refractivity contribution in [2.75, 3.05) is 75.2 Å². The number of rotatable bonds is 11. The predicted molar refractivity (Wildman–Crippen MR) is 197 cm³/mol. The molecule has 0 spiro atoms. The van der Waals surface area contributed by atoms with E-state index in [0.29, 0.717) is 83.9 Å². The standard InChI is InChI=1S/C21H25Cl2N5O2.C14H23N5O/c1-14(2)7-8-24-20(29)18-5-6-19(26-25-18)27-9-11-28(12-10-27)21(30)16-13-15(22)3-4-17(16)23;1-11(2)5-6-16-14(20)12-3-4-13(18-17-12)19-9-7-15-8-10-19/h3-6,13-14H,7-12H2,1-2H3,(H,24,29);3-4,11,15H,5-10H2,1-2H3,(H,16,20). The van der Waals surface area contributed by atoms with E-state index in [1.807, 2.05) is 11.0 Å². The highest BCUT2D eigenvalue weighted by atomic mass is 35.5. The third-order valence-corrected chi connectivity index (χ3v) is 8.84. The number of benzene rings is 1. The van der Waals surface area contributed by atoms with Gasteiger partial charge in [0.1, 0.15) is 0 Å². The zero-order chi connectivity index (χ0) is 36.0. The van der Waals surface area contributed by atoms with Gasteiger partial charge in [-0.15, -0.1) is 20.4 Å². The highest BCUT2D eigenvalue weighted by Crippen LogP contribution is 2.23. The highest BCUT2D eigenvalue weighted by Gasteiger charge is 2.25. The molecule has 0 bridgehead atoms. The summed E-state index contributed by atoms with van der Waals surface area (Å²) in [6.45, 7) is 15.8. The summed E-state index contributed by atoms with van der Waals surface area (Å²) in [4.78, 5) is 42.7. The predicted octanol–water partition coefficient (Wildman–Crippen LogP) is 4.18. The molecular weight excluding hydrogens is 679 g/mol. The lowest BCUT2D eigenvalue weighted by Gasteiger charge is -2.35. The minimum atomic E-state index is -0.219. The number of hydrogen-bond acceptors (Lipinski definition) is 10. The maximum Gasteiger partial charge on any atom is 0.271 e. The van der Waals surface area contributed by atoms with Crippen molar-refractivity contribution in [2.24, 2.45) is 11.8 Å². The molecule has 2 aliphatic rings. The van der Waals surface area contributed by atoms with Gasteiger partial charge in [-0.25, -0.2) is 0 Å². The Morgan fingerprint density at radius 1 is 0.700 bits per heavy atom. The molecule has 3 amide bonds. The maximum absolute atomic E-state index is 12.8. The van der Waals surface area contributed by atoms with E-state index in [4.69, 9.17) is 23.2 Å². The molecular formula is C35H48Cl2N10O3. The van der Waals surface area contributed by atoms with Crippen molar-refractivity contribution in [3.05, 3.63) is 69.5 Å². The fourth-order valence-corrected chi connectivity index (χ4v) is 5.59. The Kier molecular flexibility index (Phi) is 15.0. The van der Waals surface area contributed by atoms with Gasteiger partial charge >= 0.3 is 0 Å². The molecule has 3 N–H and O–H groups in total. The van der Waals surface area contributed by atoms with Crippen molar-refractivity contribution in [1.29, 1.82) is 0 Å². The quantitative estimate of drug-likeness (QED) is 0.263. The molecule has 0 saturated carbocycles. The summed E-state index contributed by atoms with van der Waals surface area (Å²) in [5, 5.41) is 26.3. The van der Waals surface area contributed by atoms with Crippen LogP contribution in [0.25, 0.3) is 0 Å². The zero-order valence-corrected chi connectivity index (χ0v) is 30.8. The number of hydrogen-bond donors (Lipinski definition) is 3. The Morgan fingerprint density at radius 3 is 1.66 bits per heavy atom. The van der Waals surface area contributed by atoms with Gasteiger partial charge in [0.15, 0.2) is 23.0 Å². The van der Waals surface area contributed by atoms with Crippen LogP contribution in [0.1, 0.15) is 71.9 Å². The maximum atomic E-state index is 12.8. The number of carbonyl (C=O) groups excluding carboxylic acids is 3. The molecule has 50 heavy (non-hydrogen) atoms. The van der Waals surface area contributed by atoms with Crippen LogP contribution < -0.4 is 25.8 Å². The van der Waals surface area contributed by atoms with Gasteiger partial charge < -0.3 is 30.7 Å². The van der Waals surface area contributed by atoms with Crippen molar-refractivity contribution in [1.82, 2.24) is 41.2 Å². The van der Waals surface area contributed by atoms with E-state index < -0.39 is 0 Å². The average Bonchev–Trinajstić information content (AvgIpc) is 3.13. The van der Waals surface area contributed by atoms with Crippen LogP contribution in [0.5, 0.6) is 0 Å². The summed E-state index contributed by atoms with van der Waals surface area (Å²) >= 11 is 12.2. The van der Waals surface area contributed by atoms with E-state index in [-0.39, 0.29) is 17.7 Å². The number of anilines is 2. The van der Waals surface area contributed by atoms with Crippen molar-refractivity contribution in [2.45, 2.75) is 40.5 Å². The molecule has 2 fully saturated rings. The number of nitrogens with one attached hydrogen (secondary N) is 3. The van der Waals surface area contributed by atoms with Gasteiger partial charge in [-0.05, 0) is 67.1 Å². The van der Waals surface area contributed by atoms with Gasteiger partial charge in [0.25, 0.3) is 17.7 Å². The summed E-state index contributed by atoms with van der Waals surface area (Å²) in [6.07, 6.45) is 1.89. The Balaban J connectivity index is 0.000000244. The molecule has 0 unspecified atom stereocenters. The minimum absolute atomic E-state index is 0.137. The first-order valence-electron chi connectivity index (χ1n) is 17.2. The normalized spacial score (nSPS) is 14.7. The first kappa shape index (κ1) is 38.7. The topological polar surface area (TPSA) is 149 Å². The van der Waals surface area contributed by atoms with Gasteiger partial charge in [0.2, 0.25) is 0 Å². The summed E-state index contributed by atoms with van der Waals surface area (Å²) in [6, 6.07) is 12.0. The number of nitrogens with zero attached hydrogens (tertiary/aromatic N) is 7. The molecule has 1 aromatic carbocycles. The largest absolute Gasteiger partial charge is 0.353 e. The molecule has 2 aliphatic heterocycles. The van der Waals surface area contributed by atoms with Crippen molar-refractivity contribution >= 4 is 52.6 Å². The minimum Gasteiger partial charge on any atom is -0.353 e. The second-order valence-corrected chi connectivity index (χ2v) is 13.9. The Bertz CT molecular complexity index is 1540. The summed E-state index contributed by atoms with van der Waals surface area (Å²) in [7, 11) is 0. The molecule has 13 nitrogen and oxygen atoms in total. The third-order valence-electron chi connectivity index (χ3n) is 8.27. The smallest absolute Gasteiger partial charge is 0.271 e. The van der Waals surface area contributed by atoms with Crippen molar-refractivity contribution < 1.29 is 14.4 Å². The molecule has 2 aromatic heterocycles. The van der Waals surface area contributed by atoms with Crippen molar-refractivity contribution in [3.8, 4) is 0 Å². The SMILES string of the molecule is CC(C)CCNC(=O)c1ccc(N2CCN(C(=O)c3cc(Cl)ccc3Cl)CC2)nn1.CC(C)CCNC(=O)c1ccc(N2CCNCC2)nn1. The number of carbonyl (C=O) groups is 3. The van der Waals surface area contributed by atoms with Gasteiger partial charge in [0, 0.05) is 70.5 Å². The third kappa shape index (κ3) is 11.8. The van der Waals surface area contributed by atoms with Crippen LogP contribution in [0.2, 0.25) is 10.0 Å². The molecule has 0 atom stereocenters. The summed E-state index contributed by atoms with van der Waals surface area (Å²) < 4.78 is 0. The lowest BCUT2D eigenvalue weighted by Crippen LogP contribution is -2.49. The van der Waals surface area contributed by atoms with Gasteiger partial charge in [0.05, 0.1) is 10.6 Å². The van der Waals surface area contributed by atoms with E-state index >= 15 is 0 Å². The van der Waals surface area contributed by atoms with Crippen LogP contribution in [0.4, 0.5) is 11.6 Å². The second-order valence-electron chi connectivity index (χ2n) is 13.1. The second kappa shape index (κ2) is 19.4. The van der Waals surface area contributed by atoms with Crippen LogP contribution in [-0.4, -0.2) is 108 Å². The van der Waals surface area contributed by atoms with E-state index in [0.717, 1.165) is 44.8 Å². The monoisotopic (exact) mass is 726 g/mol. The van der Waals surface area contributed by atoms with Gasteiger partial charge in [-0.1, -0.05) is 50.9 Å². The number of piperazine rings is 2. The first-order chi connectivity index (χ1) is 24.0. The fourth-order valence-electron chi connectivity index (χ4n) is 5.22. The Morgan fingerprint density at radius 2 is 1.20 bits per heavy atom. The lowest BCUT2D eigenvalue weighted by molar-refractivity contribution is 0.0746. The fraction of sp³-hybridized carbons (Fsp3) is 0.514. The van der Waals surface area contributed by atoms with E-state index in [1.54, 1.807) is 41.3 Å². The number of aromatic nitrogens is 4. The Hall–Kier alpha value is -4.07. The molecule has 0 aliphatic carbocycles. The molecule has 2 saturated heterocycles. The summed E-state index contributed by atoms with van der Waals surface area (Å²) in [5.74, 6) is 2.12. The highest BCUT2D eigenvalue weighted by molar-refractivity contribution is 6.35. The molecule has 4 heterocycles. The van der Waals surface area contributed by atoms with E-state index in [2.05, 4.69) is 68.9 Å². The first-order valence-corrected chi connectivity index (χ1v) is 18.0. The van der Waals surface area contributed by atoms with Crippen LogP contribution >= 0.6 is 23.2 Å². The van der Waals surface area contributed by atoms with Gasteiger partial charge in [-0.2, -0.15) is 0 Å². The molecule has 270 valence electrons. The molecule has 5 rings (SSSR count). The lowest BCUT2D eigenvalue weighted by atomic mass is 10.1. The van der Waals surface area contributed by atoms with Crippen LogP contribution in [0.15, 0.2) is 42.5 Å². The van der Waals surface area contributed by atoms with Gasteiger partial charge in [-0.3, -0.25) is 14.4 Å². The van der Waals surface area contributed by atoms with E-state index in [9.17, 15) is 14.4 Å². The van der Waals surface area contributed by atoms with Crippen LogP contribution in [0.3, 0.4) is 0 Å². The molecule has 0 radical (unpaired) electrons.